The Balaban J connectivity index is 1.92. The van der Waals surface area contributed by atoms with E-state index < -0.39 is 6.61 Å². The van der Waals surface area contributed by atoms with Crippen LogP contribution in [-0.2, 0) is 4.79 Å². The highest BCUT2D eigenvalue weighted by Crippen LogP contribution is 2.19. The number of benzene rings is 2. The predicted molar refractivity (Wildman–Crippen MR) is 98.5 cm³/mol. The van der Waals surface area contributed by atoms with E-state index in [0.717, 1.165) is 11.1 Å². The van der Waals surface area contributed by atoms with Crippen molar-refractivity contribution < 1.29 is 23.1 Å². The van der Waals surface area contributed by atoms with Gasteiger partial charge in [0.25, 0.3) is 5.91 Å². The van der Waals surface area contributed by atoms with Crippen LogP contribution in [0.4, 0.5) is 8.78 Å². The van der Waals surface area contributed by atoms with Gasteiger partial charge in [0, 0.05) is 18.7 Å². The first-order chi connectivity index (χ1) is 12.9. The molecule has 0 radical (unpaired) electrons. The maximum Gasteiger partial charge on any atom is 0.387 e. The van der Waals surface area contributed by atoms with Crippen molar-refractivity contribution in [3.8, 4) is 5.75 Å². The summed E-state index contributed by atoms with van der Waals surface area (Å²) in [5.74, 6) is -0.416. The summed E-state index contributed by atoms with van der Waals surface area (Å²) in [6, 6.07) is 12.6. The number of ether oxygens (including phenoxy) is 1. The molecule has 2 aromatic carbocycles. The van der Waals surface area contributed by atoms with Gasteiger partial charge >= 0.3 is 6.61 Å². The number of alkyl halides is 2. The van der Waals surface area contributed by atoms with E-state index in [1.165, 1.54) is 18.2 Å². The zero-order valence-corrected chi connectivity index (χ0v) is 14.9. The molecular weight excluding hydrogens is 354 g/mol. The Morgan fingerprint density at radius 3 is 2.22 bits per heavy atom. The van der Waals surface area contributed by atoms with Crippen LogP contribution in [-0.4, -0.2) is 25.5 Å². The summed E-state index contributed by atoms with van der Waals surface area (Å²) < 4.78 is 28.6. The number of nitrogens with one attached hydrogen (secondary N) is 2. The second-order valence-electron chi connectivity index (χ2n) is 5.71. The first-order valence-corrected chi connectivity index (χ1v) is 8.24. The summed E-state index contributed by atoms with van der Waals surface area (Å²) in [6.45, 7) is -1.09. The van der Waals surface area contributed by atoms with Crippen LogP contribution in [0.25, 0.3) is 6.08 Å². The molecule has 7 heteroatoms. The van der Waals surface area contributed by atoms with Gasteiger partial charge in [-0.2, -0.15) is 8.78 Å². The number of halogens is 2. The van der Waals surface area contributed by atoms with Crippen LogP contribution in [0.5, 0.6) is 5.75 Å². The van der Waals surface area contributed by atoms with Gasteiger partial charge < -0.3 is 15.4 Å². The lowest BCUT2D eigenvalue weighted by Gasteiger charge is -2.13. The number of hydrogen-bond donors (Lipinski definition) is 2. The molecule has 0 bridgehead atoms. The zero-order valence-electron chi connectivity index (χ0n) is 14.9. The first kappa shape index (κ1) is 20.1. The average Bonchev–Trinajstić information content (AvgIpc) is 2.66. The van der Waals surface area contributed by atoms with Gasteiger partial charge in [0.2, 0.25) is 5.91 Å². The van der Waals surface area contributed by atoms with E-state index in [-0.39, 0.29) is 23.6 Å². The topological polar surface area (TPSA) is 67.4 Å². The number of amides is 2. The summed E-state index contributed by atoms with van der Waals surface area (Å²) in [4.78, 5) is 23.5. The summed E-state index contributed by atoms with van der Waals surface area (Å²) in [5, 5.41) is 5.32. The Bertz CT molecular complexity index is 803. The predicted octanol–water partition coefficient (Wildman–Crippen LogP) is 3.54. The van der Waals surface area contributed by atoms with Crippen LogP contribution in [0.3, 0.4) is 0 Å². The first-order valence-electron chi connectivity index (χ1n) is 8.24. The molecule has 1 unspecified atom stereocenters. The van der Waals surface area contributed by atoms with Crippen molar-refractivity contribution >= 4 is 17.9 Å². The third-order valence-corrected chi connectivity index (χ3v) is 3.79. The molecular formula is C20H20F2N2O3. The largest absolute Gasteiger partial charge is 0.435 e. The zero-order chi connectivity index (χ0) is 19.8. The molecule has 0 fully saturated rings. The molecule has 0 aliphatic carbocycles. The van der Waals surface area contributed by atoms with Crippen LogP contribution < -0.4 is 15.4 Å². The fraction of sp³-hybridized carbons (Fsp3) is 0.200. The minimum absolute atomic E-state index is 0.0624. The molecule has 2 amide bonds. The van der Waals surface area contributed by atoms with Crippen LogP contribution in [0.2, 0.25) is 0 Å². The van der Waals surface area contributed by atoms with Gasteiger partial charge in [-0.25, -0.2) is 0 Å². The third kappa shape index (κ3) is 6.22. The van der Waals surface area contributed by atoms with Gasteiger partial charge in [0.05, 0.1) is 6.04 Å². The quantitative estimate of drug-likeness (QED) is 0.729. The lowest BCUT2D eigenvalue weighted by molar-refractivity contribution is -0.117. The van der Waals surface area contributed by atoms with Gasteiger partial charge in [-0.15, -0.1) is 0 Å². The lowest BCUT2D eigenvalue weighted by atomic mass is 10.1. The standard InChI is InChI=1S/C20H20F2N2O3/c1-13(15-8-10-17(11-9-15)27-20(21)22)24-18(25)12-5-14-3-6-16(7-4-14)19(26)23-2/h3-13,20H,1-2H3,(H,23,26)(H,24,25)/b12-5+. The van der Waals surface area contributed by atoms with Crippen LogP contribution in [0.1, 0.15) is 34.5 Å². The Morgan fingerprint density at radius 2 is 1.67 bits per heavy atom. The smallest absolute Gasteiger partial charge is 0.387 e. The summed E-state index contributed by atoms with van der Waals surface area (Å²) in [6.07, 6.45) is 3.02. The second-order valence-corrected chi connectivity index (χ2v) is 5.71. The van der Waals surface area contributed by atoms with E-state index in [1.807, 2.05) is 0 Å². The monoisotopic (exact) mass is 374 g/mol. The normalized spacial score (nSPS) is 12.0. The van der Waals surface area contributed by atoms with Gasteiger partial charge in [0.15, 0.2) is 0 Å². The van der Waals surface area contributed by atoms with Crippen LogP contribution >= 0.6 is 0 Å². The Labute approximate surface area is 156 Å². The Morgan fingerprint density at radius 1 is 1.04 bits per heavy atom. The molecule has 27 heavy (non-hydrogen) atoms. The molecule has 0 spiro atoms. The van der Waals surface area contributed by atoms with Crippen molar-refractivity contribution in [3.05, 3.63) is 71.3 Å². The molecule has 2 rings (SSSR count). The molecule has 2 aromatic rings. The van der Waals surface area contributed by atoms with Gasteiger partial charge in [-0.1, -0.05) is 24.3 Å². The number of rotatable bonds is 7. The van der Waals surface area contributed by atoms with E-state index in [2.05, 4.69) is 15.4 Å². The van der Waals surface area contributed by atoms with E-state index in [1.54, 1.807) is 56.4 Å². The minimum atomic E-state index is -2.87. The van der Waals surface area contributed by atoms with E-state index in [9.17, 15) is 18.4 Å². The van der Waals surface area contributed by atoms with Gasteiger partial charge in [0.1, 0.15) is 5.75 Å². The highest BCUT2D eigenvalue weighted by atomic mass is 19.3. The third-order valence-electron chi connectivity index (χ3n) is 3.79. The highest BCUT2D eigenvalue weighted by molar-refractivity contribution is 5.94. The highest BCUT2D eigenvalue weighted by Gasteiger charge is 2.09. The number of hydrogen-bond acceptors (Lipinski definition) is 3. The fourth-order valence-electron chi connectivity index (χ4n) is 2.34. The molecule has 0 aliphatic rings. The van der Waals surface area contributed by atoms with Crippen molar-refractivity contribution in [1.29, 1.82) is 0 Å². The van der Waals surface area contributed by atoms with Crippen molar-refractivity contribution in [2.24, 2.45) is 0 Å². The van der Waals surface area contributed by atoms with E-state index in [0.29, 0.717) is 5.56 Å². The molecule has 0 heterocycles. The molecule has 2 N–H and O–H groups in total. The lowest BCUT2D eigenvalue weighted by Crippen LogP contribution is -2.24. The Hall–Kier alpha value is -3.22. The van der Waals surface area contributed by atoms with Crippen LogP contribution in [0, 0.1) is 0 Å². The summed E-state index contributed by atoms with van der Waals surface area (Å²) in [5.41, 5.74) is 2.07. The van der Waals surface area contributed by atoms with E-state index in [4.69, 9.17) is 0 Å². The fourth-order valence-corrected chi connectivity index (χ4v) is 2.34. The Kier molecular flexibility index (Phi) is 7.05. The molecule has 0 aliphatic heterocycles. The molecule has 5 nitrogen and oxygen atoms in total. The summed E-state index contributed by atoms with van der Waals surface area (Å²) in [7, 11) is 1.56. The van der Waals surface area contributed by atoms with Gasteiger partial charge in [-0.3, -0.25) is 9.59 Å². The van der Waals surface area contributed by atoms with Crippen molar-refractivity contribution in [3.63, 3.8) is 0 Å². The van der Waals surface area contributed by atoms with Crippen LogP contribution in [0.15, 0.2) is 54.6 Å². The van der Waals surface area contributed by atoms with Crippen molar-refractivity contribution in [2.75, 3.05) is 7.05 Å². The number of carbonyl (C=O) groups is 2. The molecule has 0 saturated heterocycles. The maximum absolute atomic E-state index is 12.1. The van der Waals surface area contributed by atoms with E-state index >= 15 is 0 Å². The average molecular weight is 374 g/mol. The second kappa shape index (κ2) is 9.47. The van der Waals surface area contributed by atoms with Gasteiger partial charge in [-0.05, 0) is 48.4 Å². The maximum atomic E-state index is 12.1. The summed E-state index contributed by atoms with van der Waals surface area (Å²) >= 11 is 0. The molecule has 142 valence electrons. The van der Waals surface area contributed by atoms with Crippen molar-refractivity contribution in [1.82, 2.24) is 10.6 Å². The molecule has 1 atom stereocenters. The molecule has 0 aromatic heterocycles. The van der Waals surface area contributed by atoms with Crippen molar-refractivity contribution in [2.45, 2.75) is 19.6 Å². The SMILES string of the molecule is CNC(=O)c1ccc(/C=C/C(=O)NC(C)c2ccc(OC(F)F)cc2)cc1. The minimum Gasteiger partial charge on any atom is -0.435 e. The number of carbonyl (C=O) groups excluding carboxylic acids is 2. The molecule has 0 saturated carbocycles.